The molecule has 1 rings (SSSR count). The molecule has 0 radical (unpaired) electrons. The molecule has 0 heterocycles. The molecule has 1 fully saturated rings. The fourth-order valence-electron chi connectivity index (χ4n) is 0.872. The summed E-state index contributed by atoms with van der Waals surface area (Å²) < 4.78 is 15.9. The molecule has 0 bridgehead atoms. The Hall–Kier alpha value is -0.600. The van der Waals surface area contributed by atoms with Crippen LogP contribution >= 0.6 is 0 Å². The zero-order valence-electron chi connectivity index (χ0n) is 7.05. The lowest BCUT2D eigenvalue weighted by Gasteiger charge is -2.24. The minimum absolute atomic E-state index is 0.431. The van der Waals surface area contributed by atoms with E-state index in [1.807, 2.05) is 0 Å². The van der Waals surface area contributed by atoms with Crippen LogP contribution in [0.1, 0.15) is 26.7 Å². The monoisotopic (exact) mass is 162 g/mol. The van der Waals surface area contributed by atoms with Crippen molar-refractivity contribution in [1.29, 1.82) is 0 Å². The third kappa shape index (κ3) is 5.83. The molecule has 0 aromatic rings. The Morgan fingerprint density at radius 1 is 1.64 bits per heavy atom. The topological polar surface area (TPSA) is 26.3 Å². The van der Waals surface area contributed by atoms with E-state index in [1.165, 1.54) is 0 Å². The van der Waals surface area contributed by atoms with Gasteiger partial charge in [0.25, 0.3) is 6.47 Å². The van der Waals surface area contributed by atoms with Gasteiger partial charge in [0, 0.05) is 0 Å². The van der Waals surface area contributed by atoms with E-state index in [4.69, 9.17) is 0 Å². The van der Waals surface area contributed by atoms with Crippen LogP contribution in [0.4, 0.5) is 4.39 Å². The van der Waals surface area contributed by atoms with E-state index in [0.29, 0.717) is 19.0 Å². The molecule has 2 nitrogen and oxygen atoms in total. The van der Waals surface area contributed by atoms with Crippen molar-refractivity contribution in [2.45, 2.75) is 32.9 Å². The minimum atomic E-state index is -0.458. The van der Waals surface area contributed by atoms with Gasteiger partial charge < -0.3 is 4.74 Å². The van der Waals surface area contributed by atoms with Crippen LogP contribution in [0.25, 0.3) is 0 Å². The predicted molar refractivity (Wildman–Crippen MR) is 41.0 cm³/mol. The molecule has 0 unspecified atom stereocenters. The number of hydrogen-bond acceptors (Lipinski definition) is 2. The molecule has 1 saturated carbocycles. The second-order valence-corrected chi connectivity index (χ2v) is 2.73. The highest BCUT2D eigenvalue weighted by Gasteiger charge is 2.23. The van der Waals surface area contributed by atoms with Gasteiger partial charge in [-0.25, -0.2) is 4.39 Å². The quantitative estimate of drug-likeness (QED) is 0.580. The maximum atomic E-state index is 11.8. The normalized spacial score (nSPS) is 27.5. The van der Waals surface area contributed by atoms with E-state index in [0.717, 1.165) is 12.8 Å². The predicted octanol–water partition coefficient (Wildman–Crippen LogP) is 1.93. The van der Waals surface area contributed by atoms with E-state index >= 15 is 0 Å². The van der Waals surface area contributed by atoms with Gasteiger partial charge in [0.1, 0.15) is 6.17 Å². The van der Waals surface area contributed by atoms with Crippen LogP contribution in [0.2, 0.25) is 0 Å². The first-order valence-electron chi connectivity index (χ1n) is 3.90. The highest BCUT2D eigenvalue weighted by Crippen LogP contribution is 2.28. The van der Waals surface area contributed by atoms with E-state index in [9.17, 15) is 9.18 Å². The van der Waals surface area contributed by atoms with Gasteiger partial charge in [-0.2, -0.15) is 0 Å². The summed E-state index contributed by atoms with van der Waals surface area (Å²) in [5, 5.41) is 0. The smallest absolute Gasteiger partial charge is 0.293 e. The summed E-state index contributed by atoms with van der Waals surface area (Å²) >= 11 is 0. The molecule has 0 saturated heterocycles. The summed E-state index contributed by atoms with van der Waals surface area (Å²) in [6.45, 7) is 4.74. The fraction of sp³-hybridized carbons (Fsp3) is 0.875. The molecule has 0 amide bonds. The van der Waals surface area contributed by atoms with E-state index in [-0.39, 0.29) is 0 Å². The van der Waals surface area contributed by atoms with E-state index in [1.54, 1.807) is 6.92 Å². The van der Waals surface area contributed by atoms with Crippen LogP contribution in [0.3, 0.4) is 0 Å². The van der Waals surface area contributed by atoms with Gasteiger partial charge in [0.2, 0.25) is 0 Å². The number of hydrogen-bond donors (Lipinski definition) is 0. The number of carbonyl (C=O) groups is 1. The van der Waals surface area contributed by atoms with E-state index < -0.39 is 6.17 Å². The SMILES string of the molecule is CC1CC(F)C1.CCOC=O. The Bertz CT molecular complexity index is 94.3. The molecule has 0 aromatic heterocycles. The lowest BCUT2D eigenvalue weighted by atomic mass is 9.85. The zero-order chi connectivity index (χ0) is 8.69. The van der Waals surface area contributed by atoms with Crippen LogP contribution in [0, 0.1) is 5.92 Å². The maximum Gasteiger partial charge on any atom is 0.293 e. The number of carbonyl (C=O) groups excluding carboxylic acids is 1. The van der Waals surface area contributed by atoms with Crippen molar-refractivity contribution in [3.05, 3.63) is 0 Å². The first-order valence-corrected chi connectivity index (χ1v) is 3.90. The third-order valence-corrected chi connectivity index (χ3v) is 1.55. The van der Waals surface area contributed by atoms with Crippen molar-refractivity contribution in [2.75, 3.05) is 6.61 Å². The Morgan fingerprint density at radius 2 is 2.18 bits per heavy atom. The average Bonchev–Trinajstić information content (AvgIpc) is 1.88. The lowest BCUT2D eigenvalue weighted by molar-refractivity contribution is -0.128. The fourth-order valence-corrected chi connectivity index (χ4v) is 0.872. The van der Waals surface area contributed by atoms with Gasteiger partial charge in [-0.3, -0.25) is 4.79 Å². The largest absolute Gasteiger partial charge is 0.468 e. The number of ether oxygens (including phenoxy) is 1. The first kappa shape index (κ1) is 10.4. The summed E-state index contributed by atoms with van der Waals surface area (Å²) in [4.78, 5) is 9.18. The van der Waals surface area contributed by atoms with Crippen molar-refractivity contribution in [3.8, 4) is 0 Å². The minimum Gasteiger partial charge on any atom is -0.468 e. The molecule has 66 valence electrons. The zero-order valence-corrected chi connectivity index (χ0v) is 7.05. The van der Waals surface area contributed by atoms with Crippen LogP contribution in [0.15, 0.2) is 0 Å². The van der Waals surface area contributed by atoms with Gasteiger partial charge in [0.05, 0.1) is 6.61 Å². The van der Waals surface area contributed by atoms with Crippen LogP contribution < -0.4 is 0 Å². The Labute approximate surface area is 66.7 Å². The van der Waals surface area contributed by atoms with Gasteiger partial charge in [-0.1, -0.05) is 6.92 Å². The molecule has 0 spiro atoms. The second-order valence-electron chi connectivity index (χ2n) is 2.73. The van der Waals surface area contributed by atoms with Crippen molar-refractivity contribution in [2.24, 2.45) is 5.92 Å². The number of alkyl halides is 1. The summed E-state index contributed by atoms with van der Waals surface area (Å²) in [6, 6.07) is 0. The molecule has 11 heavy (non-hydrogen) atoms. The average molecular weight is 162 g/mol. The molecule has 1 aliphatic carbocycles. The van der Waals surface area contributed by atoms with Gasteiger partial charge in [-0.15, -0.1) is 0 Å². The van der Waals surface area contributed by atoms with Crippen LogP contribution in [0.5, 0.6) is 0 Å². The van der Waals surface area contributed by atoms with Crippen molar-refractivity contribution < 1.29 is 13.9 Å². The molecular formula is C8H15FO2. The molecule has 0 N–H and O–H groups in total. The maximum absolute atomic E-state index is 11.8. The highest BCUT2D eigenvalue weighted by molar-refractivity contribution is 5.36. The molecule has 1 aliphatic rings. The standard InChI is InChI=1S/C5H9F.C3H6O2/c1-4-2-5(6)3-4;1-2-5-3-4/h4-5H,2-3H2,1H3;3H,2H2,1H3. The van der Waals surface area contributed by atoms with Crippen molar-refractivity contribution >= 4 is 6.47 Å². The Morgan fingerprint density at radius 3 is 2.18 bits per heavy atom. The van der Waals surface area contributed by atoms with E-state index in [2.05, 4.69) is 11.7 Å². The Balaban J connectivity index is 0.000000187. The van der Waals surface area contributed by atoms with Gasteiger partial charge >= 0.3 is 0 Å². The molecule has 0 aliphatic heterocycles. The number of rotatable bonds is 2. The molecule has 0 aromatic carbocycles. The third-order valence-electron chi connectivity index (χ3n) is 1.55. The summed E-state index contributed by atoms with van der Waals surface area (Å²) in [7, 11) is 0. The van der Waals surface area contributed by atoms with Gasteiger partial charge in [-0.05, 0) is 25.7 Å². The first-order chi connectivity index (χ1) is 5.20. The van der Waals surface area contributed by atoms with Crippen molar-refractivity contribution in [3.63, 3.8) is 0 Å². The lowest BCUT2D eigenvalue weighted by Crippen LogP contribution is -2.21. The summed E-state index contributed by atoms with van der Waals surface area (Å²) in [6.07, 6.45) is 1.15. The van der Waals surface area contributed by atoms with Crippen LogP contribution in [-0.2, 0) is 9.53 Å². The summed E-state index contributed by atoms with van der Waals surface area (Å²) in [5.41, 5.74) is 0. The Kier molecular flexibility index (Phi) is 5.80. The molecule has 3 heteroatoms. The molecule has 0 atom stereocenters. The summed E-state index contributed by atoms with van der Waals surface area (Å²) in [5.74, 6) is 0.667. The van der Waals surface area contributed by atoms with Crippen molar-refractivity contribution in [1.82, 2.24) is 0 Å². The van der Waals surface area contributed by atoms with Crippen LogP contribution in [-0.4, -0.2) is 19.3 Å². The second kappa shape index (κ2) is 6.13. The van der Waals surface area contributed by atoms with Gasteiger partial charge in [0.15, 0.2) is 0 Å². The number of halogens is 1. The molecular weight excluding hydrogens is 147 g/mol. The highest BCUT2D eigenvalue weighted by atomic mass is 19.1.